The Bertz CT molecular complexity index is 891. The zero-order valence-electron chi connectivity index (χ0n) is 18.1. The summed E-state index contributed by atoms with van der Waals surface area (Å²) in [6.45, 7) is 4.64. The smallest absolute Gasteiger partial charge is 0.326 e. The minimum Gasteiger partial charge on any atom is -0.355 e. The van der Waals surface area contributed by atoms with E-state index in [4.69, 9.17) is 0 Å². The SMILES string of the molecule is O=C(Cc1ccc(NC(=O)N2CCCCc3ccccc32)cc1)NCCN1CCCC1. The number of carbonyl (C=O) groups is 2. The number of rotatable bonds is 6. The third-order valence-corrected chi connectivity index (χ3v) is 6.12. The molecule has 2 aliphatic heterocycles. The third kappa shape index (κ3) is 5.85. The molecule has 0 spiro atoms. The number of hydrogen-bond donors (Lipinski definition) is 2. The topological polar surface area (TPSA) is 64.7 Å². The molecule has 1 saturated heterocycles. The van der Waals surface area contributed by atoms with Gasteiger partial charge in [0.05, 0.1) is 6.42 Å². The molecule has 2 aromatic rings. The van der Waals surface area contributed by atoms with Gasteiger partial charge < -0.3 is 15.5 Å². The highest BCUT2D eigenvalue weighted by Gasteiger charge is 2.21. The third-order valence-electron chi connectivity index (χ3n) is 6.12. The molecule has 2 N–H and O–H groups in total. The van der Waals surface area contributed by atoms with Crippen molar-refractivity contribution in [3.63, 3.8) is 0 Å². The van der Waals surface area contributed by atoms with Gasteiger partial charge in [-0.2, -0.15) is 0 Å². The Balaban J connectivity index is 1.28. The lowest BCUT2D eigenvalue weighted by atomic mass is 10.1. The standard InChI is InChI=1S/C25H32N4O2/c30-24(26-14-18-28-15-5-6-16-28)19-20-10-12-22(13-11-20)27-25(31)29-17-4-3-8-21-7-1-2-9-23(21)29/h1-2,7,9-13H,3-6,8,14-19H2,(H,26,30)(H,27,31). The Morgan fingerprint density at radius 1 is 0.871 bits per heavy atom. The van der Waals surface area contributed by atoms with Gasteiger partial charge in [0.1, 0.15) is 0 Å². The zero-order chi connectivity index (χ0) is 21.5. The lowest BCUT2D eigenvalue weighted by molar-refractivity contribution is -0.120. The molecule has 0 atom stereocenters. The van der Waals surface area contributed by atoms with Crippen LogP contribution in [-0.2, 0) is 17.6 Å². The fourth-order valence-electron chi connectivity index (χ4n) is 4.41. The fraction of sp³-hybridized carbons (Fsp3) is 0.440. The van der Waals surface area contributed by atoms with Crippen LogP contribution in [0.15, 0.2) is 48.5 Å². The van der Waals surface area contributed by atoms with Crippen LogP contribution in [0.25, 0.3) is 0 Å². The van der Waals surface area contributed by atoms with E-state index in [-0.39, 0.29) is 11.9 Å². The minimum atomic E-state index is -0.109. The second-order valence-corrected chi connectivity index (χ2v) is 8.44. The molecule has 3 amide bonds. The van der Waals surface area contributed by atoms with Crippen LogP contribution in [0.3, 0.4) is 0 Å². The number of benzene rings is 2. The summed E-state index contributed by atoms with van der Waals surface area (Å²) in [5.41, 5.74) is 3.91. The largest absolute Gasteiger partial charge is 0.355 e. The molecule has 4 rings (SSSR count). The van der Waals surface area contributed by atoms with E-state index in [2.05, 4.69) is 21.6 Å². The summed E-state index contributed by atoms with van der Waals surface area (Å²) in [4.78, 5) is 29.3. The number of urea groups is 1. The normalized spacial score (nSPS) is 16.5. The van der Waals surface area contributed by atoms with E-state index in [0.29, 0.717) is 13.0 Å². The summed E-state index contributed by atoms with van der Waals surface area (Å²) in [5.74, 6) is 0.0390. The predicted molar refractivity (Wildman–Crippen MR) is 125 cm³/mol. The van der Waals surface area contributed by atoms with Crippen LogP contribution < -0.4 is 15.5 Å². The van der Waals surface area contributed by atoms with Gasteiger partial charge in [-0.15, -0.1) is 0 Å². The van der Waals surface area contributed by atoms with Gasteiger partial charge in [-0.3, -0.25) is 9.69 Å². The van der Waals surface area contributed by atoms with Gasteiger partial charge >= 0.3 is 6.03 Å². The van der Waals surface area contributed by atoms with Crippen LogP contribution in [0.1, 0.15) is 36.8 Å². The van der Waals surface area contributed by atoms with Crippen LogP contribution >= 0.6 is 0 Å². The summed E-state index contributed by atoms with van der Waals surface area (Å²) in [5, 5.41) is 6.01. The van der Waals surface area contributed by atoms with Gasteiger partial charge in [0.2, 0.25) is 5.91 Å². The lowest BCUT2D eigenvalue weighted by Crippen LogP contribution is -2.35. The first-order chi connectivity index (χ1) is 15.2. The molecule has 2 aliphatic rings. The predicted octanol–water partition coefficient (Wildman–Crippen LogP) is 3.82. The van der Waals surface area contributed by atoms with Gasteiger partial charge in [0.25, 0.3) is 0 Å². The quantitative estimate of drug-likeness (QED) is 0.747. The Kier molecular flexibility index (Phi) is 7.20. The van der Waals surface area contributed by atoms with Crippen molar-refractivity contribution in [1.29, 1.82) is 0 Å². The Hall–Kier alpha value is -2.86. The van der Waals surface area contributed by atoms with Crippen LogP contribution in [0, 0.1) is 0 Å². The Morgan fingerprint density at radius 2 is 1.61 bits per heavy atom. The van der Waals surface area contributed by atoms with Crippen molar-refractivity contribution in [3.05, 3.63) is 59.7 Å². The number of aryl methyl sites for hydroxylation is 1. The highest BCUT2D eigenvalue weighted by molar-refractivity contribution is 6.02. The minimum absolute atomic E-state index is 0.0390. The molecular formula is C25H32N4O2. The van der Waals surface area contributed by atoms with Gasteiger partial charge in [-0.05, 0) is 74.5 Å². The zero-order valence-corrected chi connectivity index (χ0v) is 18.1. The number of para-hydroxylation sites is 1. The van der Waals surface area contributed by atoms with E-state index in [9.17, 15) is 9.59 Å². The number of amides is 3. The first-order valence-electron chi connectivity index (χ1n) is 11.4. The monoisotopic (exact) mass is 420 g/mol. The van der Waals surface area contributed by atoms with Gasteiger partial charge in [0, 0.05) is 31.0 Å². The van der Waals surface area contributed by atoms with Crippen LogP contribution in [0.5, 0.6) is 0 Å². The van der Waals surface area contributed by atoms with E-state index in [1.165, 1.54) is 18.4 Å². The molecule has 1 fully saturated rings. The van der Waals surface area contributed by atoms with E-state index < -0.39 is 0 Å². The number of anilines is 2. The van der Waals surface area contributed by atoms with E-state index >= 15 is 0 Å². The summed E-state index contributed by atoms with van der Waals surface area (Å²) in [7, 11) is 0. The average molecular weight is 421 g/mol. The van der Waals surface area contributed by atoms with Crippen molar-refractivity contribution >= 4 is 23.3 Å². The molecule has 164 valence electrons. The molecule has 0 radical (unpaired) electrons. The number of nitrogens with zero attached hydrogens (tertiary/aromatic N) is 2. The molecule has 0 bridgehead atoms. The van der Waals surface area contributed by atoms with Crippen molar-refractivity contribution in [1.82, 2.24) is 10.2 Å². The second-order valence-electron chi connectivity index (χ2n) is 8.44. The van der Waals surface area contributed by atoms with Crippen molar-refractivity contribution in [2.24, 2.45) is 0 Å². The fourth-order valence-corrected chi connectivity index (χ4v) is 4.41. The maximum Gasteiger partial charge on any atom is 0.326 e. The molecule has 0 aromatic heterocycles. The van der Waals surface area contributed by atoms with E-state index in [1.54, 1.807) is 0 Å². The molecule has 31 heavy (non-hydrogen) atoms. The molecule has 6 nitrogen and oxygen atoms in total. The summed E-state index contributed by atoms with van der Waals surface area (Å²) >= 11 is 0. The van der Waals surface area contributed by atoms with E-state index in [0.717, 1.165) is 62.4 Å². The number of fused-ring (bicyclic) bond motifs is 1. The Morgan fingerprint density at radius 3 is 2.42 bits per heavy atom. The van der Waals surface area contributed by atoms with Crippen LogP contribution in [-0.4, -0.2) is 49.6 Å². The highest BCUT2D eigenvalue weighted by atomic mass is 16.2. The summed E-state index contributed by atoms with van der Waals surface area (Å²) in [6.07, 6.45) is 5.98. The highest BCUT2D eigenvalue weighted by Crippen LogP contribution is 2.26. The summed E-state index contributed by atoms with van der Waals surface area (Å²) < 4.78 is 0. The van der Waals surface area contributed by atoms with Gasteiger partial charge in [-0.25, -0.2) is 4.79 Å². The van der Waals surface area contributed by atoms with E-state index in [1.807, 2.05) is 47.4 Å². The van der Waals surface area contributed by atoms with Crippen molar-refractivity contribution < 1.29 is 9.59 Å². The van der Waals surface area contributed by atoms with Crippen LogP contribution in [0.2, 0.25) is 0 Å². The van der Waals surface area contributed by atoms with Crippen LogP contribution in [0.4, 0.5) is 16.2 Å². The first kappa shape index (κ1) is 21.4. The summed E-state index contributed by atoms with van der Waals surface area (Å²) in [6, 6.07) is 15.6. The molecular weight excluding hydrogens is 388 g/mol. The van der Waals surface area contributed by atoms with Crippen molar-refractivity contribution in [3.8, 4) is 0 Å². The maximum atomic E-state index is 12.9. The lowest BCUT2D eigenvalue weighted by Gasteiger charge is -2.23. The number of likely N-dealkylation sites (tertiary alicyclic amines) is 1. The maximum absolute atomic E-state index is 12.9. The Labute approximate surface area is 184 Å². The molecule has 0 unspecified atom stereocenters. The molecule has 2 aromatic carbocycles. The number of hydrogen-bond acceptors (Lipinski definition) is 3. The van der Waals surface area contributed by atoms with Gasteiger partial charge in [0.15, 0.2) is 0 Å². The molecule has 6 heteroatoms. The average Bonchev–Trinajstić information content (AvgIpc) is 3.19. The molecule has 0 saturated carbocycles. The van der Waals surface area contributed by atoms with Gasteiger partial charge in [-0.1, -0.05) is 30.3 Å². The van der Waals surface area contributed by atoms with Crippen molar-refractivity contribution in [2.45, 2.75) is 38.5 Å². The molecule has 0 aliphatic carbocycles. The first-order valence-corrected chi connectivity index (χ1v) is 11.4. The molecule has 2 heterocycles. The number of carbonyl (C=O) groups excluding carboxylic acids is 2. The van der Waals surface area contributed by atoms with Crippen molar-refractivity contribution in [2.75, 3.05) is 42.9 Å². The second kappa shape index (κ2) is 10.4. The number of nitrogens with one attached hydrogen (secondary N) is 2.